The summed E-state index contributed by atoms with van der Waals surface area (Å²) in [6.45, 7) is 6.90. The lowest BCUT2D eigenvalue weighted by atomic mass is 9.85. The zero-order valence-electron chi connectivity index (χ0n) is 17.1. The van der Waals surface area contributed by atoms with Crippen molar-refractivity contribution in [2.45, 2.75) is 39.0 Å². The molecular formula is C24H25N3OS. The summed E-state index contributed by atoms with van der Waals surface area (Å²) in [7, 11) is 0. The molecule has 29 heavy (non-hydrogen) atoms. The van der Waals surface area contributed by atoms with Crippen LogP contribution in [-0.4, -0.2) is 23.4 Å². The van der Waals surface area contributed by atoms with E-state index in [0.717, 1.165) is 27.7 Å². The van der Waals surface area contributed by atoms with Gasteiger partial charge in [-0.1, -0.05) is 62.0 Å². The highest BCUT2D eigenvalue weighted by Gasteiger charge is 2.38. The topological polar surface area (TPSA) is 47.3 Å². The van der Waals surface area contributed by atoms with Crippen LogP contribution in [0.25, 0.3) is 0 Å². The first-order valence-corrected chi connectivity index (χ1v) is 11.0. The molecule has 0 unspecified atom stereocenters. The first-order valence-electron chi connectivity index (χ1n) is 9.97. The number of nitrogens with zero attached hydrogens (tertiary/aromatic N) is 3. The van der Waals surface area contributed by atoms with Crippen LogP contribution < -0.4 is 4.90 Å². The van der Waals surface area contributed by atoms with E-state index < -0.39 is 0 Å². The van der Waals surface area contributed by atoms with Crippen molar-refractivity contribution in [2.75, 3.05) is 17.4 Å². The molecule has 2 aliphatic rings. The average Bonchev–Trinajstić information content (AvgIpc) is 2.73. The van der Waals surface area contributed by atoms with E-state index in [1.165, 1.54) is 11.1 Å². The summed E-state index contributed by atoms with van der Waals surface area (Å²) in [6, 6.07) is 19.1. The monoisotopic (exact) mass is 403 g/mol. The summed E-state index contributed by atoms with van der Waals surface area (Å²) in [5.74, 6) is 1.12. The molecule has 0 aliphatic carbocycles. The van der Waals surface area contributed by atoms with Gasteiger partial charge >= 0.3 is 0 Å². The molecule has 0 saturated carbocycles. The summed E-state index contributed by atoms with van der Waals surface area (Å²) in [4.78, 5) is 17.0. The first kappa shape index (κ1) is 19.6. The highest BCUT2D eigenvalue weighted by molar-refractivity contribution is 8.03. The van der Waals surface area contributed by atoms with E-state index in [2.05, 4.69) is 74.2 Å². The second-order valence-electron chi connectivity index (χ2n) is 8.02. The molecule has 2 aromatic rings. The predicted octanol–water partition coefficient (Wildman–Crippen LogP) is 5.34. The highest BCUT2D eigenvalue weighted by Crippen LogP contribution is 2.43. The molecule has 4 nitrogen and oxygen atoms in total. The molecule has 0 aromatic heterocycles. The lowest BCUT2D eigenvalue weighted by Crippen LogP contribution is -2.47. The van der Waals surface area contributed by atoms with Crippen LogP contribution in [0.1, 0.15) is 48.8 Å². The minimum Gasteiger partial charge on any atom is -0.344 e. The van der Waals surface area contributed by atoms with E-state index in [-0.39, 0.29) is 11.8 Å². The predicted molar refractivity (Wildman–Crippen MR) is 118 cm³/mol. The lowest BCUT2D eigenvalue weighted by Gasteiger charge is -2.42. The Morgan fingerprint density at radius 2 is 1.93 bits per heavy atom. The van der Waals surface area contributed by atoms with Crippen LogP contribution in [0.5, 0.6) is 0 Å². The minimum absolute atomic E-state index is 0.0850. The van der Waals surface area contributed by atoms with Gasteiger partial charge in [-0.05, 0) is 41.7 Å². The van der Waals surface area contributed by atoms with Gasteiger partial charge in [-0.25, -0.2) is 0 Å². The quantitative estimate of drug-likeness (QED) is 0.694. The molecular weight excluding hydrogens is 378 g/mol. The first-order chi connectivity index (χ1) is 14.0. The van der Waals surface area contributed by atoms with E-state index in [4.69, 9.17) is 0 Å². The third-order valence-corrected chi connectivity index (χ3v) is 6.82. The Bertz CT molecular complexity index is 1000. The van der Waals surface area contributed by atoms with Gasteiger partial charge in [0.1, 0.15) is 0 Å². The Morgan fingerprint density at radius 1 is 1.17 bits per heavy atom. The third kappa shape index (κ3) is 3.77. The number of amides is 1. The van der Waals surface area contributed by atoms with Gasteiger partial charge in [0.15, 0.2) is 0 Å². The number of hydrogen-bond donors (Lipinski definition) is 0. The van der Waals surface area contributed by atoms with Crippen molar-refractivity contribution in [3.63, 3.8) is 0 Å². The second-order valence-corrected chi connectivity index (χ2v) is 8.96. The van der Waals surface area contributed by atoms with Crippen molar-refractivity contribution in [2.24, 2.45) is 0 Å². The number of thioether (sulfide) groups is 1. The standard InChI is InChI=1S/C24H25N3OS/c1-16(2)18-7-9-19(10-8-18)21-12-23(28)27-14-26(15-29-24(27)22(21)13-25)20-6-4-5-17(3)11-20/h4-11,16,21H,12,14-15H2,1-3H3/t21-/m1/s1. The van der Waals surface area contributed by atoms with E-state index in [1.54, 1.807) is 16.7 Å². The number of fused-ring (bicyclic) bond motifs is 1. The third-order valence-electron chi connectivity index (χ3n) is 5.67. The summed E-state index contributed by atoms with van der Waals surface area (Å²) >= 11 is 1.59. The summed E-state index contributed by atoms with van der Waals surface area (Å²) in [6.07, 6.45) is 0.343. The molecule has 2 aromatic carbocycles. The molecule has 2 heterocycles. The van der Waals surface area contributed by atoms with Gasteiger partial charge in [-0.3, -0.25) is 9.69 Å². The van der Waals surface area contributed by atoms with Crippen LogP contribution in [0.15, 0.2) is 59.1 Å². The molecule has 1 amide bonds. The number of anilines is 1. The maximum atomic E-state index is 13.0. The second kappa shape index (κ2) is 7.96. The van der Waals surface area contributed by atoms with E-state index in [9.17, 15) is 10.1 Å². The number of hydrogen-bond acceptors (Lipinski definition) is 4. The zero-order valence-corrected chi connectivity index (χ0v) is 17.9. The number of nitriles is 1. The Morgan fingerprint density at radius 3 is 2.59 bits per heavy atom. The fourth-order valence-electron chi connectivity index (χ4n) is 3.95. The fraction of sp³-hybridized carbons (Fsp3) is 0.333. The SMILES string of the molecule is Cc1cccc(N2CSC3=C(C#N)[C@@H](c4ccc(C(C)C)cc4)CC(=O)N3C2)c1. The van der Waals surface area contributed by atoms with Gasteiger partial charge < -0.3 is 4.90 Å². The van der Waals surface area contributed by atoms with Gasteiger partial charge in [-0.15, -0.1) is 0 Å². The van der Waals surface area contributed by atoms with Crippen molar-refractivity contribution >= 4 is 23.4 Å². The number of allylic oxidation sites excluding steroid dienone is 1. The number of carbonyl (C=O) groups excluding carboxylic acids is 1. The van der Waals surface area contributed by atoms with Crippen molar-refractivity contribution in [3.8, 4) is 6.07 Å². The number of rotatable bonds is 3. The van der Waals surface area contributed by atoms with Gasteiger partial charge in [0.05, 0.1) is 29.2 Å². The largest absolute Gasteiger partial charge is 0.344 e. The average molecular weight is 404 g/mol. The maximum absolute atomic E-state index is 13.0. The summed E-state index contributed by atoms with van der Waals surface area (Å²) < 4.78 is 0. The van der Waals surface area contributed by atoms with Crippen molar-refractivity contribution in [1.29, 1.82) is 5.26 Å². The number of benzene rings is 2. The number of aryl methyl sites for hydroxylation is 1. The zero-order chi connectivity index (χ0) is 20.5. The Hall–Kier alpha value is -2.71. The van der Waals surface area contributed by atoms with Crippen LogP contribution in [0.3, 0.4) is 0 Å². The minimum atomic E-state index is -0.155. The van der Waals surface area contributed by atoms with Gasteiger partial charge in [0.25, 0.3) is 0 Å². The molecule has 1 saturated heterocycles. The van der Waals surface area contributed by atoms with Crippen molar-refractivity contribution in [1.82, 2.24) is 4.90 Å². The van der Waals surface area contributed by atoms with Crippen molar-refractivity contribution in [3.05, 3.63) is 75.8 Å². The summed E-state index contributed by atoms with van der Waals surface area (Å²) in [5.41, 5.74) is 5.34. The molecule has 4 rings (SSSR count). The van der Waals surface area contributed by atoms with E-state index in [1.807, 2.05) is 6.07 Å². The van der Waals surface area contributed by atoms with Crippen LogP contribution >= 0.6 is 11.8 Å². The van der Waals surface area contributed by atoms with Gasteiger partial charge in [0, 0.05) is 18.0 Å². The van der Waals surface area contributed by atoms with E-state index >= 15 is 0 Å². The molecule has 5 heteroatoms. The normalized spacial score (nSPS) is 19.4. The molecule has 1 fully saturated rings. The molecule has 0 spiro atoms. The van der Waals surface area contributed by atoms with Gasteiger partial charge in [-0.2, -0.15) is 5.26 Å². The Kier molecular flexibility index (Phi) is 5.38. The van der Waals surface area contributed by atoms with Crippen LogP contribution in [-0.2, 0) is 4.79 Å². The van der Waals surface area contributed by atoms with Crippen LogP contribution in [0.4, 0.5) is 5.69 Å². The van der Waals surface area contributed by atoms with E-state index in [0.29, 0.717) is 19.0 Å². The summed E-state index contributed by atoms with van der Waals surface area (Å²) in [5, 5.41) is 10.8. The number of carbonyl (C=O) groups is 1. The molecule has 1 atom stereocenters. The molecule has 2 aliphatic heterocycles. The Labute approximate surface area is 176 Å². The van der Waals surface area contributed by atoms with Crippen LogP contribution in [0.2, 0.25) is 0 Å². The Balaban J connectivity index is 1.64. The smallest absolute Gasteiger partial charge is 0.229 e. The molecule has 0 radical (unpaired) electrons. The fourth-order valence-corrected chi connectivity index (χ4v) is 5.12. The highest BCUT2D eigenvalue weighted by atomic mass is 32.2. The molecule has 0 N–H and O–H groups in total. The lowest BCUT2D eigenvalue weighted by molar-refractivity contribution is -0.129. The maximum Gasteiger partial charge on any atom is 0.229 e. The van der Waals surface area contributed by atoms with Crippen LogP contribution in [0, 0.1) is 18.3 Å². The molecule has 148 valence electrons. The molecule has 0 bridgehead atoms. The van der Waals surface area contributed by atoms with Crippen molar-refractivity contribution < 1.29 is 4.79 Å². The van der Waals surface area contributed by atoms with Gasteiger partial charge in [0.2, 0.25) is 5.91 Å².